The van der Waals surface area contributed by atoms with Crippen LogP contribution >= 0.6 is 11.8 Å². The number of hydrogen-bond donors (Lipinski definition) is 2. The molecular formula is C19H17N3O3S. The first-order chi connectivity index (χ1) is 12.6. The highest BCUT2D eigenvalue weighted by molar-refractivity contribution is 7.99. The fraction of sp³-hybridized carbons (Fsp3) is 0.211. The normalized spacial score (nSPS) is 18.2. The van der Waals surface area contributed by atoms with Gasteiger partial charge in [0.25, 0.3) is 0 Å². The third kappa shape index (κ3) is 3.17. The molecule has 0 bridgehead atoms. The number of carbonyl (C=O) groups is 3. The maximum absolute atomic E-state index is 12.3. The molecule has 2 N–H and O–H groups in total. The molecular weight excluding hydrogens is 350 g/mol. The summed E-state index contributed by atoms with van der Waals surface area (Å²) in [5, 5.41) is 4.84. The van der Waals surface area contributed by atoms with Gasteiger partial charge in [0, 0.05) is 22.8 Å². The molecule has 2 aromatic carbocycles. The molecule has 2 aromatic rings. The minimum Gasteiger partial charge on any atom is -0.344 e. The molecule has 2 aliphatic heterocycles. The number of para-hydroxylation sites is 2. The number of nitrogens with one attached hydrogen (secondary N) is 2. The van der Waals surface area contributed by atoms with Crippen LogP contribution in [0.15, 0.2) is 58.3 Å². The van der Waals surface area contributed by atoms with E-state index in [1.165, 1.54) is 0 Å². The van der Waals surface area contributed by atoms with Crippen molar-refractivity contribution in [2.24, 2.45) is 0 Å². The van der Waals surface area contributed by atoms with E-state index in [4.69, 9.17) is 0 Å². The Morgan fingerprint density at radius 2 is 1.69 bits per heavy atom. The lowest BCUT2D eigenvalue weighted by Gasteiger charge is -2.32. The van der Waals surface area contributed by atoms with Crippen LogP contribution in [0.3, 0.4) is 0 Å². The van der Waals surface area contributed by atoms with Crippen molar-refractivity contribution in [1.29, 1.82) is 0 Å². The molecule has 0 saturated carbocycles. The van der Waals surface area contributed by atoms with Gasteiger partial charge in [-0.2, -0.15) is 0 Å². The van der Waals surface area contributed by atoms with E-state index in [1.54, 1.807) is 11.8 Å². The van der Waals surface area contributed by atoms with Crippen LogP contribution in [-0.4, -0.2) is 30.3 Å². The Hall–Kier alpha value is -2.80. The van der Waals surface area contributed by atoms with E-state index in [0.29, 0.717) is 6.54 Å². The molecule has 1 fully saturated rings. The lowest BCUT2D eigenvalue weighted by atomic mass is 10.2. The van der Waals surface area contributed by atoms with Crippen molar-refractivity contribution in [3.8, 4) is 0 Å². The second-order valence-electron chi connectivity index (χ2n) is 6.18. The number of rotatable bonds is 4. The molecule has 1 atom stereocenters. The molecule has 6 nitrogen and oxygen atoms in total. The van der Waals surface area contributed by atoms with E-state index < -0.39 is 11.9 Å². The third-order valence-corrected chi connectivity index (χ3v) is 5.53. The number of amides is 3. The molecule has 0 unspecified atom stereocenters. The van der Waals surface area contributed by atoms with Gasteiger partial charge in [-0.3, -0.25) is 19.7 Å². The zero-order chi connectivity index (χ0) is 18.1. The molecule has 2 aliphatic rings. The Morgan fingerprint density at radius 3 is 2.27 bits per heavy atom. The maximum atomic E-state index is 12.3. The van der Waals surface area contributed by atoms with Gasteiger partial charge in [-0.25, -0.2) is 0 Å². The van der Waals surface area contributed by atoms with E-state index in [9.17, 15) is 14.4 Å². The van der Waals surface area contributed by atoms with Crippen LogP contribution in [0.1, 0.15) is 12.8 Å². The maximum Gasteiger partial charge on any atom is 0.249 e. The number of fused-ring (bicyclic) bond motifs is 2. The van der Waals surface area contributed by atoms with Crippen molar-refractivity contribution < 1.29 is 14.4 Å². The quantitative estimate of drug-likeness (QED) is 0.810. The number of anilines is 2. The Bertz CT molecular complexity index is 854. The molecule has 7 heteroatoms. The molecule has 0 aliphatic carbocycles. The molecule has 1 saturated heterocycles. The van der Waals surface area contributed by atoms with Crippen LogP contribution < -0.4 is 15.5 Å². The molecule has 4 rings (SSSR count). The smallest absolute Gasteiger partial charge is 0.249 e. The first kappa shape index (κ1) is 16.7. The Labute approximate surface area is 154 Å². The highest BCUT2D eigenvalue weighted by atomic mass is 32.2. The summed E-state index contributed by atoms with van der Waals surface area (Å²) in [5.41, 5.74) is 2.13. The fourth-order valence-corrected chi connectivity index (χ4v) is 4.27. The van der Waals surface area contributed by atoms with Gasteiger partial charge in [-0.1, -0.05) is 36.0 Å². The van der Waals surface area contributed by atoms with E-state index in [1.807, 2.05) is 36.4 Å². The van der Waals surface area contributed by atoms with Gasteiger partial charge in [0.15, 0.2) is 0 Å². The van der Waals surface area contributed by atoms with Crippen LogP contribution in [-0.2, 0) is 14.4 Å². The second kappa shape index (κ2) is 6.84. The summed E-state index contributed by atoms with van der Waals surface area (Å²) in [4.78, 5) is 39.5. The highest BCUT2D eigenvalue weighted by Gasteiger charge is 2.32. The lowest BCUT2D eigenvalue weighted by Crippen LogP contribution is -2.41. The van der Waals surface area contributed by atoms with Gasteiger partial charge in [0.05, 0.1) is 17.8 Å². The lowest BCUT2D eigenvalue weighted by molar-refractivity contribution is -0.128. The third-order valence-electron chi connectivity index (χ3n) is 4.40. The van der Waals surface area contributed by atoms with Crippen molar-refractivity contribution in [1.82, 2.24) is 10.6 Å². The second-order valence-corrected chi connectivity index (χ2v) is 7.26. The number of carbonyl (C=O) groups excluding carboxylic acids is 3. The predicted molar refractivity (Wildman–Crippen MR) is 98.3 cm³/mol. The minimum atomic E-state index is -0.758. The standard InChI is InChI=1S/C19H17N3O3S/c23-17(20-12-11-18(24)21-19(12)25)9-10-22-13-5-1-3-7-15(13)26-16-8-4-2-6-14(16)22/h1-8,12H,9-11H2,(H,20,23)(H,21,24,25)/t12-/m0/s1. The molecule has 0 spiro atoms. The number of imide groups is 1. The van der Waals surface area contributed by atoms with Gasteiger partial charge in [-0.05, 0) is 24.3 Å². The van der Waals surface area contributed by atoms with E-state index in [0.717, 1.165) is 21.2 Å². The molecule has 3 amide bonds. The zero-order valence-electron chi connectivity index (χ0n) is 13.9. The summed E-state index contributed by atoms with van der Waals surface area (Å²) in [6.45, 7) is 0.489. The zero-order valence-corrected chi connectivity index (χ0v) is 14.7. The average molecular weight is 367 g/mol. The first-order valence-electron chi connectivity index (χ1n) is 8.38. The Kier molecular flexibility index (Phi) is 4.38. The molecule has 26 heavy (non-hydrogen) atoms. The van der Waals surface area contributed by atoms with Crippen molar-refractivity contribution in [2.45, 2.75) is 28.7 Å². The van der Waals surface area contributed by atoms with Crippen molar-refractivity contribution in [3.63, 3.8) is 0 Å². The average Bonchev–Trinajstić information content (AvgIpc) is 2.95. The first-order valence-corrected chi connectivity index (χ1v) is 9.20. The van der Waals surface area contributed by atoms with E-state index in [2.05, 4.69) is 27.7 Å². The topological polar surface area (TPSA) is 78.5 Å². The van der Waals surface area contributed by atoms with Gasteiger partial charge >= 0.3 is 0 Å². The minimum absolute atomic E-state index is 0.0105. The largest absolute Gasteiger partial charge is 0.344 e. The summed E-state index contributed by atoms with van der Waals surface area (Å²) in [5.74, 6) is -1.03. The van der Waals surface area contributed by atoms with E-state index in [-0.39, 0.29) is 24.7 Å². The summed E-state index contributed by atoms with van der Waals surface area (Å²) in [6, 6.07) is 15.4. The summed E-state index contributed by atoms with van der Waals surface area (Å²) < 4.78 is 0. The van der Waals surface area contributed by atoms with Crippen LogP contribution in [0.4, 0.5) is 11.4 Å². The Balaban J connectivity index is 1.49. The molecule has 132 valence electrons. The molecule has 0 aromatic heterocycles. The van der Waals surface area contributed by atoms with Crippen LogP contribution in [0.5, 0.6) is 0 Å². The molecule has 2 heterocycles. The summed E-state index contributed by atoms with van der Waals surface area (Å²) in [6.07, 6.45) is 0.238. The monoisotopic (exact) mass is 367 g/mol. The van der Waals surface area contributed by atoms with Gasteiger partial charge < -0.3 is 10.2 Å². The van der Waals surface area contributed by atoms with Crippen molar-refractivity contribution in [3.05, 3.63) is 48.5 Å². The van der Waals surface area contributed by atoms with Crippen LogP contribution in [0.25, 0.3) is 0 Å². The van der Waals surface area contributed by atoms with Gasteiger partial charge in [-0.15, -0.1) is 0 Å². The van der Waals surface area contributed by atoms with Gasteiger partial charge in [0.1, 0.15) is 6.04 Å². The van der Waals surface area contributed by atoms with Gasteiger partial charge in [0.2, 0.25) is 17.7 Å². The fourth-order valence-electron chi connectivity index (χ4n) is 3.17. The summed E-state index contributed by atoms with van der Waals surface area (Å²) in [7, 11) is 0. The van der Waals surface area contributed by atoms with Crippen LogP contribution in [0, 0.1) is 0 Å². The number of nitrogens with zero attached hydrogens (tertiary/aromatic N) is 1. The SMILES string of the molecule is O=C1C[C@H](NC(=O)CCN2c3ccccc3Sc3ccccc32)C(=O)N1. The van der Waals surface area contributed by atoms with Crippen LogP contribution in [0.2, 0.25) is 0 Å². The highest BCUT2D eigenvalue weighted by Crippen LogP contribution is 2.47. The number of benzene rings is 2. The summed E-state index contributed by atoms with van der Waals surface area (Å²) >= 11 is 1.71. The predicted octanol–water partition coefficient (Wildman–Crippen LogP) is 2.21. The van der Waals surface area contributed by atoms with Crippen molar-refractivity contribution >= 4 is 40.9 Å². The molecule has 0 radical (unpaired) electrons. The van der Waals surface area contributed by atoms with Crippen molar-refractivity contribution in [2.75, 3.05) is 11.4 Å². The number of hydrogen-bond acceptors (Lipinski definition) is 5. The van der Waals surface area contributed by atoms with E-state index >= 15 is 0 Å². The Morgan fingerprint density at radius 1 is 1.08 bits per heavy atom.